The number of ether oxygens (including phenoxy) is 1. The number of nitrogens with one attached hydrogen (secondary N) is 1. The Bertz CT molecular complexity index is 651. The van der Waals surface area contributed by atoms with Crippen LogP contribution in [-0.2, 0) is 4.79 Å². The quantitative estimate of drug-likeness (QED) is 0.940. The molecule has 0 aromatic carbocycles. The van der Waals surface area contributed by atoms with Gasteiger partial charge in [0.2, 0.25) is 17.7 Å². The van der Waals surface area contributed by atoms with Crippen molar-refractivity contribution in [1.29, 1.82) is 0 Å². The highest BCUT2D eigenvalue weighted by molar-refractivity contribution is 5.90. The highest BCUT2D eigenvalue weighted by Gasteiger charge is 2.29. The Morgan fingerprint density at radius 3 is 2.76 bits per heavy atom. The van der Waals surface area contributed by atoms with Crippen LogP contribution in [0.3, 0.4) is 0 Å². The van der Waals surface area contributed by atoms with E-state index in [1.165, 1.54) is 12.1 Å². The van der Waals surface area contributed by atoms with Crippen molar-refractivity contribution < 1.29 is 22.7 Å². The van der Waals surface area contributed by atoms with Gasteiger partial charge in [-0.3, -0.25) is 10.1 Å². The van der Waals surface area contributed by atoms with Crippen LogP contribution in [0, 0.1) is 5.92 Å². The van der Waals surface area contributed by atoms with Gasteiger partial charge in [-0.05, 0) is 6.07 Å². The van der Waals surface area contributed by atoms with E-state index >= 15 is 0 Å². The molecule has 0 atom stereocenters. The summed E-state index contributed by atoms with van der Waals surface area (Å²) in [6, 6.07) is 4.36. The molecular weight excluding hydrogens is 289 g/mol. The Hall–Kier alpha value is -2.32. The Morgan fingerprint density at radius 2 is 2.14 bits per heavy atom. The molecule has 21 heavy (non-hydrogen) atoms. The average Bonchev–Trinajstić information content (AvgIpc) is 2.77. The summed E-state index contributed by atoms with van der Waals surface area (Å²) in [6.45, 7) is 1.96. The number of fused-ring (bicyclic) bond motifs is 1. The lowest BCUT2D eigenvalue weighted by Gasteiger charge is -2.09. The van der Waals surface area contributed by atoms with Crippen LogP contribution < -0.4 is 10.1 Å². The van der Waals surface area contributed by atoms with Gasteiger partial charge in [0, 0.05) is 12.0 Å². The van der Waals surface area contributed by atoms with Crippen molar-refractivity contribution in [2.75, 3.05) is 11.9 Å². The monoisotopic (exact) mass is 302 g/mol. The molecule has 0 saturated carbocycles. The van der Waals surface area contributed by atoms with Crippen LogP contribution in [0.1, 0.15) is 13.8 Å². The normalized spacial score (nSPS) is 11.9. The number of hydrogen-bond donors (Lipinski definition) is 1. The molecule has 1 N–H and O–H groups in total. The first kappa shape index (κ1) is 15.1. The Balaban J connectivity index is 2.24. The summed E-state index contributed by atoms with van der Waals surface area (Å²) < 4.78 is 42.3. The standard InChI is InChI=1S/C12H13F3N4O2/c1-7(2)10(20)17-11-16-8-4-3-5-9(19(8)18-11)21-6-12(13,14)15/h3-5,7H,6H2,1-2H3,(H,17,18,20). The smallest absolute Gasteiger partial charge is 0.422 e. The maximum Gasteiger partial charge on any atom is 0.422 e. The minimum Gasteiger partial charge on any atom is -0.468 e. The highest BCUT2D eigenvalue weighted by atomic mass is 19.4. The zero-order valence-corrected chi connectivity index (χ0v) is 11.3. The van der Waals surface area contributed by atoms with Gasteiger partial charge in [0.15, 0.2) is 12.3 Å². The van der Waals surface area contributed by atoms with Crippen LogP contribution in [0.2, 0.25) is 0 Å². The molecule has 2 aromatic heterocycles. The largest absolute Gasteiger partial charge is 0.468 e. The van der Waals surface area contributed by atoms with Gasteiger partial charge in [0.25, 0.3) is 0 Å². The third-order valence-corrected chi connectivity index (χ3v) is 2.47. The third-order valence-electron chi connectivity index (χ3n) is 2.47. The SMILES string of the molecule is CC(C)C(=O)Nc1nc2cccc(OCC(F)(F)F)n2n1. The van der Waals surface area contributed by atoms with Gasteiger partial charge in [0.05, 0.1) is 0 Å². The first-order chi connectivity index (χ1) is 9.76. The predicted octanol–water partition coefficient (Wildman–Crippen LogP) is 2.26. The van der Waals surface area contributed by atoms with Crippen LogP contribution >= 0.6 is 0 Å². The van der Waals surface area contributed by atoms with E-state index in [0.717, 1.165) is 4.52 Å². The van der Waals surface area contributed by atoms with Gasteiger partial charge in [0.1, 0.15) is 0 Å². The van der Waals surface area contributed by atoms with E-state index in [0.29, 0.717) is 0 Å². The summed E-state index contributed by atoms with van der Waals surface area (Å²) >= 11 is 0. The number of nitrogens with zero attached hydrogens (tertiary/aromatic N) is 3. The topological polar surface area (TPSA) is 68.5 Å². The number of alkyl halides is 3. The molecule has 0 aliphatic heterocycles. The number of halogens is 3. The van der Waals surface area contributed by atoms with Gasteiger partial charge in [-0.1, -0.05) is 19.9 Å². The summed E-state index contributed by atoms with van der Waals surface area (Å²) in [5.74, 6) is -0.652. The number of anilines is 1. The number of pyridine rings is 1. The van der Waals surface area contributed by atoms with Gasteiger partial charge in [-0.15, -0.1) is 5.10 Å². The molecule has 6 nitrogen and oxygen atoms in total. The van der Waals surface area contributed by atoms with Crippen LogP contribution in [0.15, 0.2) is 18.2 Å². The fourth-order valence-electron chi connectivity index (χ4n) is 1.45. The fraction of sp³-hybridized carbons (Fsp3) is 0.417. The minimum atomic E-state index is -4.45. The van der Waals surface area contributed by atoms with Gasteiger partial charge < -0.3 is 4.74 Å². The molecule has 2 aromatic rings. The molecule has 2 heterocycles. The lowest BCUT2D eigenvalue weighted by molar-refractivity contribution is -0.154. The number of carbonyl (C=O) groups is 1. The first-order valence-electron chi connectivity index (χ1n) is 6.12. The average molecular weight is 302 g/mol. The van der Waals surface area contributed by atoms with Crippen LogP contribution in [0.4, 0.5) is 19.1 Å². The first-order valence-corrected chi connectivity index (χ1v) is 6.12. The maximum atomic E-state index is 12.2. The lowest BCUT2D eigenvalue weighted by Crippen LogP contribution is -2.20. The summed E-state index contributed by atoms with van der Waals surface area (Å²) in [6.07, 6.45) is -4.45. The lowest BCUT2D eigenvalue weighted by atomic mass is 10.2. The molecule has 0 saturated heterocycles. The van der Waals surface area contributed by atoms with Gasteiger partial charge >= 0.3 is 6.18 Å². The summed E-state index contributed by atoms with van der Waals surface area (Å²) in [7, 11) is 0. The molecule has 2 rings (SSSR count). The van der Waals surface area contributed by atoms with Crippen molar-refractivity contribution in [3.63, 3.8) is 0 Å². The molecule has 114 valence electrons. The van der Waals surface area contributed by atoms with E-state index in [4.69, 9.17) is 0 Å². The van der Waals surface area contributed by atoms with Crippen molar-refractivity contribution >= 4 is 17.5 Å². The molecule has 1 amide bonds. The third kappa shape index (κ3) is 3.83. The number of rotatable bonds is 4. The number of hydrogen-bond acceptors (Lipinski definition) is 4. The fourth-order valence-corrected chi connectivity index (χ4v) is 1.45. The van der Waals surface area contributed by atoms with E-state index in [-0.39, 0.29) is 29.3 Å². The zero-order valence-electron chi connectivity index (χ0n) is 11.3. The van der Waals surface area contributed by atoms with Crippen molar-refractivity contribution in [2.45, 2.75) is 20.0 Å². The summed E-state index contributed by atoms with van der Waals surface area (Å²) in [5, 5.41) is 6.39. The molecule has 0 aliphatic rings. The highest BCUT2D eigenvalue weighted by Crippen LogP contribution is 2.19. The van der Waals surface area contributed by atoms with E-state index in [9.17, 15) is 18.0 Å². The predicted molar refractivity (Wildman–Crippen MR) is 68.0 cm³/mol. The molecule has 9 heteroatoms. The van der Waals surface area contributed by atoms with Crippen molar-refractivity contribution in [3.8, 4) is 5.88 Å². The van der Waals surface area contributed by atoms with Crippen LogP contribution in [-0.4, -0.2) is 33.3 Å². The summed E-state index contributed by atoms with van der Waals surface area (Å²) in [4.78, 5) is 15.5. The molecule has 0 aliphatic carbocycles. The van der Waals surface area contributed by atoms with Crippen molar-refractivity contribution in [3.05, 3.63) is 18.2 Å². The van der Waals surface area contributed by atoms with Crippen molar-refractivity contribution in [2.24, 2.45) is 5.92 Å². The molecule has 0 unspecified atom stereocenters. The minimum absolute atomic E-state index is 0.0109. The van der Waals surface area contributed by atoms with Crippen LogP contribution in [0.25, 0.3) is 5.65 Å². The van der Waals surface area contributed by atoms with Crippen molar-refractivity contribution in [1.82, 2.24) is 14.6 Å². The Labute approximate surface area is 117 Å². The second kappa shape index (κ2) is 5.58. The van der Waals surface area contributed by atoms with Crippen LogP contribution in [0.5, 0.6) is 5.88 Å². The molecule has 0 radical (unpaired) electrons. The second-order valence-electron chi connectivity index (χ2n) is 4.62. The molecule has 0 spiro atoms. The van der Waals surface area contributed by atoms with E-state index in [1.54, 1.807) is 19.9 Å². The van der Waals surface area contributed by atoms with Gasteiger partial charge in [-0.2, -0.15) is 22.7 Å². The molecule has 0 fully saturated rings. The molecular formula is C12H13F3N4O2. The maximum absolute atomic E-state index is 12.2. The number of amides is 1. The molecule has 0 bridgehead atoms. The van der Waals surface area contributed by atoms with Gasteiger partial charge in [-0.25, -0.2) is 0 Å². The second-order valence-corrected chi connectivity index (χ2v) is 4.62. The number of aromatic nitrogens is 3. The Kier molecular flexibility index (Phi) is 4.01. The van der Waals surface area contributed by atoms with E-state index in [1.807, 2.05) is 0 Å². The zero-order chi connectivity index (χ0) is 15.6. The summed E-state index contributed by atoms with van der Waals surface area (Å²) in [5.41, 5.74) is 0.272. The number of carbonyl (C=O) groups excluding carboxylic acids is 1. The van der Waals surface area contributed by atoms with E-state index in [2.05, 4.69) is 20.1 Å². The van der Waals surface area contributed by atoms with E-state index < -0.39 is 12.8 Å². The Morgan fingerprint density at radius 1 is 1.43 bits per heavy atom.